The van der Waals surface area contributed by atoms with Gasteiger partial charge in [-0.3, -0.25) is 0 Å². The maximum atomic E-state index is 12.7. The van der Waals surface area contributed by atoms with Crippen molar-refractivity contribution in [3.8, 4) is 0 Å². The summed E-state index contributed by atoms with van der Waals surface area (Å²) < 4.78 is 33.7. The average Bonchev–Trinajstić information content (AvgIpc) is 2.60. The lowest BCUT2D eigenvalue weighted by atomic mass is 10.1. The summed E-state index contributed by atoms with van der Waals surface area (Å²) in [6, 6.07) is 6.79. The Morgan fingerprint density at radius 3 is 2.56 bits per heavy atom. The summed E-state index contributed by atoms with van der Waals surface area (Å²) in [5.41, 5.74) is 0. The van der Waals surface area contributed by atoms with E-state index in [-0.39, 0.29) is 6.10 Å². The zero-order valence-corrected chi connectivity index (χ0v) is 17.1. The summed E-state index contributed by atoms with van der Waals surface area (Å²) in [6.07, 6.45) is 4.52. The largest absolute Gasteiger partial charge is 0.378 e. The molecular weight excluding hydrogens is 404 g/mol. The molecule has 1 aromatic rings. The molecule has 0 aromatic heterocycles. The van der Waals surface area contributed by atoms with Crippen molar-refractivity contribution in [2.45, 2.75) is 30.3 Å². The molecular formula is C18H27BrN2O3S. The van der Waals surface area contributed by atoms with E-state index in [1.165, 1.54) is 0 Å². The molecule has 1 aliphatic rings. The number of hydrogen-bond acceptors (Lipinski definition) is 4. The highest BCUT2D eigenvalue weighted by molar-refractivity contribution is 9.10. The number of benzene rings is 1. The van der Waals surface area contributed by atoms with Crippen LogP contribution in [0.1, 0.15) is 19.3 Å². The molecule has 1 aliphatic heterocycles. The highest BCUT2D eigenvalue weighted by Gasteiger charge is 2.29. The molecule has 0 amide bonds. The number of rotatable bonds is 9. The van der Waals surface area contributed by atoms with Crippen LogP contribution in [0.15, 0.2) is 46.3 Å². The van der Waals surface area contributed by atoms with E-state index in [0.717, 1.165) is 36.8 Å². The van der Waals surface area contributed by atoms with Crippen molar-refractivity contribution in [1.29, 1.82) is 0 Å². The van der Waals surface area contributed by atoms with Gasteiger partial charge in [-0.25, -0.2) is 8.42 Å². The molecule has 1 saturated heterocycles. The van der Waals surface area contributed by atoms with E-state index in [0.29, 0.717) is 24.6 Å². The second-order valence-electron chi connectivity index (χ2n) is 6.33. The van der Waals surface area contributed by atoms with Gasteiger partial charge in [-0.05, 0) is 50.6 Å². The number of nitrogens with zero attached hydrogens (tertiary/aromatic N) is 2. The normalized spacial score (nSPS) is 17.1. The number of hydrogen-bond donors (Lipinski definition) is 0. The summed E-state index contributed by atoms with van der Waals surface area (Å²) in [6.45, 7) is 7.32. The number of piperidine rings is 1. The van der Waals surface area contributed by atoms with Gasteiger partial charge in [0.15, 0.2) is 0 Å². The fourth-order valence-electron chi connectivity index (χ4n) is 2.89. The Morgan fingerprint density at radius 2 is 1.96 bits per heavy atom. The van der Waals surface area contributed by atoms with Crippen LogP contribution >= 0.6 is 15.9 Å². The quantitative estimate of drug-likeness (QED) is 0.445. The van der Waals surface area contributed by atoms with Gasteiger partial charge in [-0.1, -0.05) is 22.0 Å². The van der Waals surface area contributed by atoms with E-state index >= 15 is 0 Å². The molecule has 0 bridgehead atoms. The van der Waals surface area contributed by atoms with Gasteiger partial charge >= 0.3 is 0 Å². The molecule has 1 aromatic carbocycles. The SMILES string of the molecule is C=CCN(C)CCCOC1CCN(S(=O)(=O)c2ccc(Br)cc2)CC1. The lowest BCUT2D eigenvalue weighted by Gasteiger charge is -2.31. The third-order valence-corrected chi connectivity index (χ3v) is 6.77. The lowest BCUT2D eigenvalue weighted by Crippen LogP contribution is -2.41. The fourth-order valence-corrected chi connectivity index (χ4v) is 4.62. The summed E-state index contributed by atoms with van der Waals surface area (Å²) in [4.78, 5) is 2.55. The maximum Gasteiger partial charge on any atom is 0.243 e. The Labute approximate surface area is 159 Å². The molecule has 2 rings (SSSR count). The highest BCUT2D eigenvalue weighted by Crippen LogP contribution is 2.23. The summed E-state index contributed by atoms with van der Waals surface area (Å²) in [5, 5.41) is 0. The third kappa shape index (κ3) is 6.18. The van der Waals surface area contributed by atoms with Crippen LogP contribution in [-0.2, 0) is 14.8 Å². The van der Waals surface area contributed by atoms with Gasteiger partial charge < -0.3 is 9.64 Å². The van der Waals surface area contributed by atoms with Crippen LogP contribution in [0.4, 0.5) is 0 Å². The predicted molar refractivity (Wildman–Crippen MR) is 104 cm³/mol. The second-order valence-corrected chi connectivity index (χ2v) is 9.19. The van der Waals surface area contributed by atoms with Crippen LogP contribution in [0, 0.1) is 0 Å². The number of likely N-dealkylation sites (N-methyl/N-ethyl adjacent to an activating group) is 1. The van der Waals surface area contributed by atoms with Gasteiger partial charge in [0, 0.05) is 37.3 Å². The smallest absolute Gasteiger partial charge is 0.243 e. The van der Waals surface area contributed by atoms with Crippen LogP contribution in [0.25, 0.3) is 0 Å². The summed E-state index contributed by atoms with van der Waals surface area (Å²) in [5.74, 6) is 0. The topological polar surface area (TPSA) is 49.9 Å². The van der Waals surface area contributed by atoms with Crippen LogP contribution < -0.4 is 0 Å². The molecule has 0 spiro atoms. The minimum atomic E-state index is -3.40. The van der Waals surface area contributed by atoms with E-state index in [9.17, 15) is 8.42 Å². The molecule has 0 aliphatic carbocycles. The Hall–Kier alpha value is -0.730. The number of halogens is 1. The van der Waals surface area contributed by atoms with E-state index in [1.807, 2.05) is 6.08 Å². The number of sulfonamides is 1. The van der Waals surface area contributed by atoms with Crippen LogP contribution in [-0.4, -0.2) is 63.6 Å². The van der Waals surface area contributed by atoms with Gasteiger partial charge in [-0.2, -0.15) is 4.31 Å². The Morgan fingerprint density at radius 1 is 1.32 bits per heavy atom. The van der Waals surface area contributed by atoms with Gasteiger partial charge in [-0.15, -0.1) is 6.58 Å². The van der Waals surface area contributed by atoms with Crippen LogP contribution in [0.2, 0.25) is 0 Å². The molecule has 0 radical (unpaired) electrons. The highest BCUT2D eigenvalue weighted by atomic mass is 79.9. The van der Waals surface area contributed by atoms with Crippen molar-refractivity contribution in [2.24, 2.45) is 0 Å². The van der Waals surface area contributed by atoms with E-state index in [2.05, 4.69) is 34.5 Å². The molecule has 5 nitrogen and oxygen atoms in total. The van der Waals surface area contributed by atoms with Crippen LogP contribution in [0.5, 0.6) is 0 Å². The first-order chi connectivity index (χ1) is 11.9. The zero-order chi connectivity index (χ0) is 18.3. The van der Waals surface area contributed by atoms with Crippen molar-refractivity contribution in [3.05, 3.63) is 41.4 Å². The van der Waals surface area contributed by atoms with Crippen molar-refractivity contribution in [1.82, 2.24) is 9.21 Å². The van der Waals surface area contributed by atoms with Crippen molar-refractivity contribution in [3.63, 3.8) is 0 Å². The summed E-state index contributed by atoms with van der Waals surface area (Å²) >= 11 is 3.33. The molecule has 0 saturated carbocycles. The van der Waals surface area contributed by atoms with Gasteiger partial charge in [0.2, 0.25) is 10.0 Å². The Balaban J connectivity index is 1.75. The molecule has 0 atom stereocenters. The fraction of sp³-hybridized carbons (Fsp3) is 0.556. The Bertz CT molecular complexity index is 641. The van der Waals surface area contributed by atoms with Crippen molar-refractivity contribution < 1.29 is 13.2 Å². The standard InChI is InChI=1S/C18H27BrN2O3S/c1-3-11-20(2)12-4-15-24-17-9-13-21(14-10-17)25(22,23)18-7-5-16(19)6-8-18/h3,5-8,17H,1,4,9-15H2,2H3. The van der Waals surface area contributed by atoms with Gasteiger partial charge in [0.05, 0.1) is 11.0 Å². The lowest BCUT2D eigenvalue weighted by molar-refractivity contribution is 0.0178. The second kappa shape index (κ2) is 9.83. The number of ether oxygens (including phenoxy) is 1. The monoisotopic (exact) mass is 430 g/mol. The third-order valence-electron chi connectivity index (χ3n) is 4.33. The molecule has 0 N–H and O–H groups in total. The average molecular weight is 431 g/mol. The van der Waals surface area contributed by atoms with E-state index < -0.39 is 10.0 Å². The summed E-state index contributed by atoms with van der Waals surface area (Å²) in [7, 11) is -1.34. The maximum absolute atomic E-state index is 12.7. The molecule has 25 heavy (non-hydrogen) atoms. The van der Waals surface area contributed by atoms with E-state index in [4.69, 9.17) is 4.74 Å². The molecule has 1 heterocycles. The van der Waals surface area contributed by atoms with Gasteiger partial charge in [0.25, 0.3) is 0 Å². The van der Waals surface area contributed by atoms with Crippen LogP contribution in [0.3, 0.4) is 0 Å². The first-order valence-electron chi connectivity index (χ1n) is 8.60. The zero-order valence-electron chi connectivity index (χ0n) is 14.7. The van der Waals surface area contributed by atoms with Crippen molar-refractivity contribution in [2.75, 3.05) is 39.8 Å². The minimum Gasteiger partial charge on any atom is -0.378 e. The molecule has 140 valence electrons. The van der Waals surface area contributed by atoms with Gasteiger partial charge in [0.1, 0.15) is 0 Å². The van der Waals surface area contributed by atoms with E-state index in [1.54, 1.807) is 28.6 Å². The minimum absolute atomic E-state index is 0.154. The molecule has 1 fully saturated rings. The first-order valence-corrected chi connectivity index (χ1v) is 10.8. The predicted octanol–water partition coefficient (Wildman–Crippen LogP) is 3.13. The Kier molecular flexibility index (Phi) is 8.09. The molecule has 7 heteroatoms. The van der Waals surface area contributed by atoms with Crippen molar-refractivity contribution >= 4 is 26.0 Å². The first kappa shape index (κ1) is 20.6. The molecule has 0 unspecified atom stereocenters.